The molecule has 0 aliphatic heterocycles. The Morgan fingerprint density at radius 1 is 1.22 bits per heavy atom. The summed E-state index contributed by atoms with van der Waals surface area (Å²) in [6.45, 7) is 0.564. The highest BCUT2D eigenvalue weighted by molar-refractivity contribution is 7.14. The molecule has 23 heavy (non-hydrogen) atoms. The average molecular weight is 323 g/mol. The van der Waals surface area contributed by atoms with E-state index in [1.54, 1.807) is 6.26 Å². The third kappa shape index (κ3) is 2.76. The number of aromatic amines is 1. The van der Waals surface area contributed by atoms with Crippen molar-refractivity contribution in [2.45, 2.75) is 6.54 Å². The number of nitrogens with zero attached hydrogens (tertiary/aromatic N) is 1. The van der Waals surface area contributed by atoms with E-state index in [9.17, 15) is 4.79 Å². The molecule has 1 aromatic carbocycles. The monoisotopic (exact) mass is 323 g/mol. The van der Waals surface area contributed by atoms with E-state index in [1.807, 2.05) is 47.8 Å². The summed E-state index contributed by atoms with van der Waals surface area (Å²) in [6.07, 6.45) is 1.64. The lowest BCUT2D eigenvalue weighted by molar-refractivity contribution is 0.518. The van der Waals surface area contributed by atoms with E-state index in [4.69, 9.17) is 4.42 Å². The quantitative estimate of drug-likeness (QED) is 0.598. The first-order chi connectivity index (χ1) is 11.3. The van der Waals surface area contributed by atoms with Crippen molar-refractivity contribution in [3.63, 3.8) is 0 Å². The van der Waals surface area contributed by atoms with Crippen molar-refractivity contribution in [3.8, 4) is 11.3 Å². The van der Waals surface area contributed by atoms with Crippen LogP contribution in [-0.4, -0.2) is 9.97 Å². The molecule has 4 aromatic rings. The van der Waals surface area contributed by atoms with Crippen molar-refractivity contribution in [2.24, 2.45) is 0 Å². The Hall–Kier alpha value is -2.86. The highest BCUT2D eigenvalue weighted by atomic mass is 32.1. The van der Waals surface area contributed by atoms with Gasteiger partial charge in [-0.15, -0.1) is 11.3 Å². The maximum absolute atomic E-state index is 12.3. The van der Waals surface area contributed by atoms with E-state index in [0.717, 1.165) is 21.8 Å². The van der Waals surface area contributed by atoms with E-state index in [1.165, 1.54) is 11.3 Å². The van der Waals surface area contributed by atoms with Crippen LogP contribution in [-0.2, 0) is 6.54 Å². The molecule has 3 aromatic heterocycles. The summed E-state index contributed by atoms with van der Waals surface area (Å²) in [6, 6.07) is 13.3. The number of thiazole rings is 1. The number of anilines is 1. The smallest absolute Gasteiger partial charge is 0.257 e. The maximum Gasteiger partial charge on any atom is 0.257 e. The Kier molecular flexibility index (Phi) is 3.44. The molecule has 0 atom stereocenters. The summed E-state index contributed by atoms with van der Waals surface area (Å²) < 4.78 is 5.27. The molecule has 6 heteroatoms. The third-order valence-corrected chi connectivity index (χ3v) is 4.33. The molecule has 5 nitrogen and oxygen atoms in total. The van der Waals surface area contributed by atoms with E-state index in [-0.39, 0.29) is 5.56 Å². The minimum atomic E-state index is -0.133. The molecule has 4 rings (SSSR count). The molecular formula is C17H13N3O2S. The minimum Gasteiger partial charge on any atom is -0.467 e. The molecule has 0 amide bonds. The van der Waals surface area contributed by atoms with Crippen molar-refractivity contribution in [2.75, 3.05) is 5.32 Å². The number of fused-ring (bicyclic) bond motifs is 1. The largest absolute Gasteiger partial charge is 0.467 e. The highest BCUT2D eigenvalue weighted by Gasteiger charge is 2.10. The molecule has 0 spiro atoms. The molecule has 0 saturated carbocycles. The number of rotatable bonds is 4. The van der Waals surface area contributed by atoms with Gasteiger partial charge in [-0.2, -0.15) is 0 Å². The lowest BCUT2D eigenvalue weighted by Gasteiger charge is -2.01. The molecule has 0 radical (unpaired) electrons. The van der Waals surface area contributed by atoms with Crippen LogP contribution in [0, 0.1) is 0 Å². The molecule has 0 aliphatic carbocycles. The minimum absolute atomic E-state index is 0.133. The van der Waals surface area contributed by atoms with Crippen LogP contribution < -0.4 is 10.9 Å². The van der Waals surface area contributed by atoms with Crippen LogP contribution in [0.2, 0.25) is 0 Å². The number of benzene rings is 1. The second-order valence-electron chi connectivity index (χ2n) is 5.07. The van der Waals surface area contributed by atoms with Gasteiger partial charge < -0.3 is 14.7 Å². The van der Waals surface area contributed by atoms with E-state index in [2.05, 4.69) is 15.3 Å². The third-order valence-electron chi connectivity index (χ3n) is 3.53. The van der Waals surface area contributed by atoms with Crippen molar-refractivity contribution in [3.05, 3.63) is 70.2 Å². The maximum atomic E-state index is 12.3. The number of nitrogens with one attached hydrogen (secondary N) is 2. The number of hydrogen-bond acceptors (Lipinski definition) is 5. The number of furan rings is 1. The van der Waals surface area contributed by atoms with Crippen molar-refractivity contribution < 1.29 is 4.42 Å². The van der Waals surface area contributed by atoms with Crippen LogP contribution in [0.1, 0.15) is 5.76 Å². The average Bonchev–Trinajstić information content (AvgIpc) is 3.24. The SMILES string of the molecule is O=c1[nH]c2ccccc2cc1-c1csc(NCc2ccco2)n1. The number of hydrogen-bond donors (Lipinski definition) is 2. The van der Waals surface area contributed by atoms with Gasteiger partial charge in [-0.3, -0.25) is 4.79 Å². The molecule has 0 bridgehead atoms. The standard InChI is InChI=1S/C17H13N3O2S/c21-16-13(8-11-4-1-2-6-14(11)19-16)15-10-23-17(20-15)18-9-12-5-3-7-22-12/h1-8,10H,9H2,(H,18,20)(H,19,21). The van der Waals surface area contributed by atoms with Crippen LogP contribution in [0.4, 0.5) is 5.13 Å². The van der Waals surface area contributed by atoms with Crippen LogP contribution in [0.25, 0.3) is 22.2 Å². The van der Waals surface area contributed by atoms with E-state index >= 15 is 0 Å². The predicted molar refractivity (Wildman–Crippen MR) is 91.7 cm³/mol. The van der Waals surface area contributed by atoms with Gasteiger partial charge in [0, 0.05) is 10.9 Å². The lowest BCUT2D eigenvalue weighted by atomic mass is 10.1. The first kappa shape index (κ1) is 13.8. The van der Waals surface area contributed by atoms with Crippen molar-refractivity contribution in [1.82, 2.24) is 9.97 Å². The molecule has 114 valence electrons. The summed E-state index contributed by atoms with van der Waals surface area (Å²) in [7, 11) is 0. The molecule has 2 N–H and O–H groups in total. The predicted octanol–water partition coefficient (Wildman–Crippen LogP) is 3.86. The number of para-hydroxylation sites is 1. The van der Waals surface area contributed by atoms with Gasteiger partial charge in [-0.1, -0.05) is 18.2 Å². The van der Waals surface area contributed by atoms with Crippen LogP contribution in [0.5, 0.6) is 0 Å². The van der Waals surface area contributed by atoms with Crippen molar-refractivity contribution >= 4 is 27.4 Å². The lowest BCUT2D eigenvalue weighted by Crippen LogP contribution is -2.08. The molecule has 0 fully saturated rings. The topological polar surface area (TPSA) is 70.9 Å². The fourth-order valence-corrected chi connectivity index (χ4v) is 3.10. The van der Waals surface area contributed by atoms with Gasteiger partial charge >= 0.3 is 0 Å². The van der Waals surface area contributed by atoms with Gasteiger partial charge in [0.2, 0.25) is 0 Å². The summed E-state index contributed by atoms with van der Waals surface area (Å²) in [4.78, 5) is 19.6. The van der Waals surface area contributed by atoms with Gasteiger partial charge in [0.15, 0.2) is 5.13 Å². The zero-order valence-electron chi connectivity index (χ0n) is 12.1. The number of H-pyrrole nitrogens is 1. The van der Waals surface area contributed by atoms with E-state index in [0.29, 0.717) is 17.8 Å². The summed E-state index contributed by atoms with van der Waals surface area (Å²) in [5.74, 6) is 0.838. The first-order valence-corrected chi connectivity index (χ1v) is 8.02. The van der Waals surface area contributed by atoms with E-state index < -0.39 is 0 Å². The first-order valence-electron chi connectivity index (χ1n) is 7.14. The Bertz CT molecular complexity index is 1000. The van der Waals surface area contributed by atoms with Crippen LogP contribution >= 0.6 is 11.3 Å². The zero-order valence-corrected chi connectivity index (χ0v) is 12.9. The highest BCUT2D eigenvalue weighted by Crippen LogP contribution is 2.24. The Labute approximate surface area is 135 Å². The normalized spacial score (nSPS) is 11.0. The summed E-state index contributed by atoms with van der Waals surface area (Å²) >= 11 is 1.46. The second-order valence-corrected chi connectivity index (χ2v) is 5.93. The number of aromatic nitrogens is 2. The number of pyridine rings is 1. The second kappa shape index (κ2) is 5.73. The molecule has 0 unspecified atom stereocenters. The molecule has 3 heterocycles. The zero-order chi connectivity index (χ0) is 15.6. The van der Waals surface area contributed by atoms with Gasteiger partial charge in [-0.05, 0) is 29.7 Å². The fourth-order valence-electron chi connectivity index (χ4n) is 2.39. The van der Waals surface area contributed by atoms with Crippen LogP contribution in [0.15, 0.2) is 63.3 Å². The Morgan fingerprint density at radius 3 is 3.00 bits per heavy atom. The van der Waals surface area contributed by atoms with Gasteiger partial charge in [-0.25, -0.2) is 4.98 Å². The summed E-state index contributed by atoms with van der Waals surface area (Å²) in [5.41, 5.74) is 1.94. The molecular weight excluding hydrogens is 310 g/mol. The fraction of sp³-hybridized carbons (Fsp3) is 0.0588. The van der Waals surface area contributed by atoms with Crippen molar-refractivity contribution in [1.29, 1.82) is 0 Å². The van der Waals surface area contributed by atoms with Gasteiger partial charge in [0.05, 0.1) is 24.1 Å². The Balaban J connectivity index is 1.63. The van der Waals surface area contributed by atoms with Gasteiger partial charge in [0.25, 0.3) is 5.56 Å². The molecule has 0 saturated heterocycles. The molecule has 0 aliphatic rings. The van der Waals surface area contributed by atoms with Gasteiger partial charge in [0.1, 0.15) is 5.76 Å². The Morgan fingerprint density at radius 2 is 2.13 bits per heavy atom. The van der Waals surface area contributed by atoms with Crippen LogP contribution in [0.3, 0.4) is 0 Å². The summed E-state index contributed by atoms with van der Waals surface area (Å²) in [5, 5.41) is 6.81.